The van der Waals surface area contributed by atoms with E-state index in [1.54, 1.807) is 0 Å². The topological polar surface area (TPSA) is 72.9 Å². The molecule has 0 radical (unpaired) electrons. The minimum Gasteiger partial charge on any atom is -0.465 e. The van der Waals surface area contributed by atoms with Crippen molar-refractivity contribution in [1.29, 1.82) is 0 Å². The van der Waals surface area contributed by atoms with Crippen LogP contribution in [0.3, 0.4) is 0 Å². The summed E-state index contributed by atoms with van der Waals surface area (Å²) in [4.78, 5) is 22.8. The van der Waals surface area contributed by atoms with E-state index in [0.717, 1.165) is 30.8 Å². The molecule has 0 saturated carbocycles. The lowest BCUT2D eigenvalue weighted by molar-refractivity contribution is -0.126. The van der Waals surface area contributed by atoms with Crippen LogP contribution >= 0.6 is 0 Å². The third-order valence-electron chi connectivity index (χ3n) is 2.35. The number of hydrazine groups is 1. The van der Waals surface area contributed by atoms with Crippen LogP contribution in [0.4, 0.5) is 4.79 Å². The van der Waals surface area contributed by atoms with Crippen LogP contribution in [0.25, 0.3) is 0 Å². The summed E-state index contributed by atoms with van der Waals surface area (Å²) >= 11 is 0. The van der Waals surface area contributed by atoms with Gasteiger partial charge >= 0.3 is 6.09 Å². The number of nitrogens with one attached hydrogen (secondary N) is 1. The molecule has 1 saturated heterocycles. The van der Waals surface area contributed by atoms with Gasteiger partial charge in [-0.25, -0.2) is 9.80 Å². The number of amides is 2. The van der Waals surface area contributed by atoms with Gasteiger partial charge in [0.25, 0.3) is 5.91 Å². The van der Waals surface area contributed by atoms with Gasteiger partial charge in [0.2, 0.25) is 0 Å². The van der Waals surface area contributed by atoms with Crippen molar-refractivity contribution in [1.82, 2.24) is 15.3 Å². The lowest BCUT2D eigenvalue weighted by Crippen LogP contribution is -2.48. The Balaban J connectivity index is 2.25. The van der Waals surface area contributed by atoms with Crippen LogP contribution < -0.4 is 5.43 Å². The van der Waals surface area contributed by atoms with Crippen LogP contribution in [0, 0.1) is 0 Å². The molecule has 1 rings (SSSR count). The van der Waals surface area contributed by atoms with E-state index in [2.05, 4.69) is 5.43 Å². The number of carbonyl (C=O) groups is 2. The average Bonchev–Trinajstić information content (AvgIpc) is 2.18. The van der Waals surface area contributed by atoms with Gasteiger partial charge in [-0.15, -0.1) is 0 Å². The number of hydrogen-bond donors (Lipinski definition) is 2. The Morgan fingerprint density at radius 3 is 2.47 bits per heavy atom. The summed E-state index contributed by atoms with van der Waals surface area (Å²) in [6.45, 7) is 1.58. The van der Waals surface area contributed by atoms with Crippen molar-refractivity contribution >= 4 is 12.0 Å². The predicted octanol–water partition coefficient (Wildman–Crippen LogP) is 0.113. The van der Waals surface area contributed by atoms with Gasteiger partial charge in [0.1, 0.15) is 6.54 Å². The zero-order chi connectivity index (χ0) is 11.3. The van der Waals surface area contributed by atoms with Crippen LogP contribution in [0.1, 0.15) is 19.3 Å². The molecular weight excluding hydrogens is 198 g/mol. The lowest BCUT2D eigenvalue weighted by atomic mass is 10.2. The first kappa shape index (κ1) is 11.8. The Bertz CT molecular complexity index is 239. The third kappa shape index (κ3) is 4.16. The molecule has 0 aromatic rings. The molecule has 86 valence electrons. The van der Waals surface area contributed by atoms with E-state index < -0.39 is 6.09 Å². The summed E-state index contributed by atoms with van der Waals surface area (Å²) in [5.74, 6) is -0.276. The molecule has 2 N–H and O–H groups in total. The maximum absolute atomic E-state index is 11.4. The monoisotopic (exact) mass is 215 g/mol. The number of carbonyl (C=O) groups excluding carboxylic acids is 1. The molecule has 0 bridgehead atoms. The second-order valence-corrected chi connectivity index (χ2v) is 3.72. The zero-order valence-electron chi connectivity index (χ0n) is 8.90. The highest BCUT2D eigenvalue weighted by molar-refractivity contribution is 5.81. The number of rotatable bonds is 3. The quantitative estimate of drug-likeness (QED) is 0.701. The summed E-state index contributed by atoms with van der Waals surface area (Å²) in [6.07, 6.45) is 2.26. The van der Waals surface area contributed by atoms with E-state index in [4.69, 9.17) is 5.11 Å². The van der Waals surface area contributed by atoms with Crippen molar-refractivity contribution < 1.29 is 14.7 Å². The van der Waals surface area contributed by atoms with Crippen LogP contribution in [-0.4, -0.2) is 53.7 Å². The van der Waals surface area contributed by atoms with Crippen LogP contribution in [0.15, 0.2) is 0 Å². The summed E-state index contributed by atoms with van der Waals surface area (Å²) in [5.41, 5.74) is 2.69. The first-order valence-electron chi connectivity index (χ1n) is 5.08. The van der Waals surface area contributed by atoms with Gasteiger partial charge < -0.3 is 10.0 Å². The average molecular weight is 215 g/mol. The second-order valence-electron chi connectivity index (χ2n) is 3.72. The SMILES string of the molecule is CN(CC(=O)NN1CCCCC1)C(=O)O. The number of hydrogen-bond acceptors (Lipinski definition) is 3. The number of nitrogens with zero attached hydrogens (tertiary/aromatic N) is 2. The molecular formula is C9H17N3O3. The smallest absolute Gasteiger partial charge is 0.407 e. The van der Waals surface area contributed by atoms with Gasteiger partial charge in [-0.3, -0.25) is 10.2 Å². The second kappa shape index (κ2) is 5.55. The Hall–Kier alpha value is -1.30. The fourth-order valence-corrected chi connectivity index (χ4v) is 1.50. The fraction of sp³-hybridized carbons (Fsp3) is 0.778. The Morgan fingerprint density at radius 1 is 1.33 bits per heavy atom. The molecule has 1 fully saturated rings. The van der Waals surface area contributed by atoms with E-state index >= 15 is 0 Å². The summed E-state index contributed by atoms with van der Waals surface area (Å²) in [6, 6.07) is 0. The molecule has 1 aliphatic heterocycles. The molecule has 0 unspecified atom stereocenters. The van der Waals surface area contributed by atoms with E-state index in [1.165, 1.54) is 13.5 Å². The lowest BCUT2D eigenvalue weighted by Gasteiger charge is -2.27. The minimum absolute atomic E-state index is 0.119. The molecule has 1 aliphatic rings. The highest BCUT2D eigenvalue weighted by atomic mass is 16.4. The van der Waals surface area contributed by atoms with Gasteiger partial charge in [0.05, 0.1) is 0 Å². The molecule has 0 aromatic carbocycles. The molecule has 6 heteroatoms. The molecule has 0 aliphatic carbocycles. The Morgan fingerprint density at radius 2 is 1.93 bits per heavy atom. The number of likely N-dealkylation sites (N-methyl/N-ethyl adjacent to an activating group) is 1. The van der Waals surface area contributed by atoms with Crippen molar-refractivity contribution in [2.24, 2.45) is 0 Å². The highest BCUT2D eigenvalue weighted by Gasteiger charge is 2.15. The molecule has 2 amide bonds. The van der Waals surface area contributed by atoms with Crippen molar-refractivity contribution in [3.63, 3.8) is 0 Å². The van der Waals surface area contributed by atoms with Crippen molar-refractivity contribution in [3.8, 4) is 0 Å². The summed E-state index contributed by atoms with van der Waals surface area (Å²) in [5, 5.41) is 10.4. The first-order chi connectivity index (χ1) is 7.09. The zero-order valence-corrected chi connectivity index (χ0v) is 8.90. The molecule has 0 spiro atoms. The van der Waals surface area contributed by atoms with Gasteiger partial charge in [-0.05, 0) is 12.8 Å². The largest absolute Gasteiger partial charge is 0.465 e. The number of piperidine rings is 1. The molecule has 15 heavy (non-hydrogen) atoms. The van der Waals surface area contributed by atoms with Crippen molar-refractivity contribution in [3.05, 3.63) is 0 Å². The molecule has 6 nitrogen and oxygen atoms in total. The Labute approximate surface area is 88.8 Å². The maximum Gasteiger partial charge on any atom is 0.407 e. The summed E-state index contributed by atoms with van der Waals surface area (Å²) in [7, 11) is 1.37. The van der Waals surface area contributed by atoms with Crippen LogP contribution in [0.5, 0.6) is 0 Å². The first-order valence-corrected chi connectivity index (χ1v) is 5.08. The van der Waals surface area contributed by atoms with Gasteiger partial charge in [-0.2, -0.15) is 0 Å². The third-order valence-corrected chi connectivity index (χ3v) is 2.35. The van der Waals surface area contributed by atoms with E-state index in [-0.39, 0.29) is 12.5 Å². The van der Waals surface area contributed by atoms with Gasteiger partial charge in [0.15, 0.2) is 0 Å². The maximum atomic E-state index is 11.4. The highest BCUT2D eigenvalue weighted by Crippen LogP contribution is 2.05. The predicted molar refractivity (Wildman–Crippen MR) is 54.2 cm³/mol. The van der Waals surface area contributed by atoms with Gasteiger partial charge in [-0.1, -0.05) is 6.42 Å². The van der Waals surface area contributed by atoms with Crippen molar-refractivity contribution in [2.45, 2.75) is 19.3 Å². The van der Waals surface area contributed by atoms with E-state index in [9.17, 15) is 9.59 Å². The fourth-order valence-electron chi connectivity index (χ4n) is 1.50. The molecule has 0 atom stereocenters. The Kier molecular flexibility index (Phi) is 4.36. The number of carboxylic acid groups (broad SMARTS) is 1. The van der Waals surface area contributed by atoms with Crippen LogP contribution in [0.2, 0.25) is 0 Å². The minimum atomic E-state index is -1.09. The normalized spacial score (nSPS) is 17.1. The summed E-state index contributed by atoms with van der Waals surface area (Å²) < 4.78 is 0. The van der Waals surface area contributed by atoms with Crippen LogP contribution in [-0.2, 0) is 4.79 Å². The molecule has 0 aromatic heterocycles. The van der Waals surface area contributed by atoms with E-state index in [0.29, 0.717) is 0 Å². The standard InChI is InChI=1S/C9H17N3O3/c1-11(9(14)15)7-8(13)10-12-5-3-2-4-6-12/h2-7H2,1H3,(H,10,13)(H,14,15). The molecule has 1 heterocycles. The van der Waals surface area contributed by atoms with Gasteiger partial charge in [0, 0.05) is 20.1 Å². The van der Waals surface area contributed by atoms with E-state index in [1.807, 2.05) is 5.01 Å². The van der Waals surface area contributed by atoms with Crippen molar-refractivity contribution in [2.75, 3.05) is 26.7 Å².